The van der Waals surface area contributed by atoms with E-state index in [1.807, 2.05) is 24.3 Å². The van der Waals surface area contributed by atoms with Crippen molar-refractivity contribution in [3.8, 4) is 16.7 Å². The van der Waals surface area contributed by atoms with Gasteiger partial charge in [-0.25, -0.2) is 4.98 Å². The van der Waals surface area contributed by atoms with Crippen LogP contribution in [0.3, 0.4) is 0 Å². The molecule has 2 aromatic carbocycles. The molecule has 0 aliphatic heterocycles. The molecule has 3 rings (SSSR count). The lowest BCUT2D eigenvalue weighted by Gasteiger charge is -2.08. The molecule has 100 valence electrons. The number of hydrogen-bond acceptors (Lipinski definition) is 5. The number of para-hydroxylation sites is 1. The van der Waals surface area contributed by atoms with Crippen LogP contribution in [0.2, 0.25) is 0 Å². The van der Waals surface area contributed by atoms with Crippen LogP contribution >= 0.6 is 11.3 Å². The molecule has 20 heavy (non-hydrogen) atoms. The highest BCUT2D eigenvalue weighted by molar-refractivity contribution is 7.20. The molecule has 0 atom stereocenters. The quantitative estimate of drug-likeness (QED) is 0.682. The number of rotatable bonds is 4. The predicted octanol–water partition coefficient (Wildman–Crippen LogP) is 3.91. The maximum Gasteiger partial charge on any atom is 0.279 e. The van der Waals surface area contributed by atoms with Gasteiger partial charge in [-0.15, -0.1) is 0 Å². The molecule has 0 saturated carbocycles. The van der Waals surface area contributed by atoms with E-state index < -0.39 is 0 Å². The number of benzene rings is 2. The molecule has 0 bridgehead atoms. The lowest BCUT2D eigenvalue weighted by molar-refractivity contribution is 0.112. The molecule has 0 amide bonds. The molecule has 0 saturated heterocycles. The van der Waals surface area contributed by atoms with Crippen LogP contribution in [0.1, 0.15) is 10.4 Å². The second-order valence-electron chi connectivity index (χ2n) is 4.08. The third-order valence-electron chi connectivity index (χ3n) is 2.80. The largest absolute Gasteiger partial charge is 0.493 e. The minimum absolute atomic E-state index is 0.508. The second kappa shape index (κ2) is 5.30. The van der Waals surface area contributed by atoms with Gasteiger partial charge in [0.2, 0.25) is 0 Å². The van der Waals surface area contributed by atoms with Crippen molar-refractivity contribution >= 4 is 27.8 Å². The number of fused-ring (bicyclic) bond motifs is 1. The molecule has 1 aromatic heterocycles. The molecule has 0 radical (unpaired) electrons. The first-order chi connectivity index (χ1) is 9.80. The molecular formula is C15H11NO3S. The minimum Gasteiger partial charge on any atom is -0.493 e. The van der Waals surface area contributed by atoms with Crippen molar-refractivity contribution in [1.29, 1.82) is 0 Å². The van der Waals surface area contributed by atoms with E-state index in [0.29, 0.717) is 22.3 Å². The molecule has 1 heterocycles. The number of thiazole rings is 1. The Morgan fingerprint density at radius 3 is 2.75 bits per heavy atom. The molecule has 0 N–H and O–H groups in total. The summed E-state index contributed by atoms with van der Waals surface area (Å²) in [6.45, 7) is 0. The monoisotopic (exact) mass is 285 g/mol. The predicted molar refractivity (Wildman–Crippen MR) is 78.1 cm³/mol. The van der Waals surface area contributed by atoms with Crippen LogP contribution in [0.4, 0.5) is 0 Å². The summed E-state index contributed by atoms with van der Waals surface area (Å²) in [5.41, 5.74) is 1.44. The highest BCUT2D eigenvalue weighted by Gasteiger charge is 2.10. The summed E-state index contributed by atoms with van der Waals surface area (Å²) in [5, 5.41) is 0.545. The first-order valence-electron chi connectivity index (χ1n) is 5.97. The Kier molecular flexibility index (Phi) is 3.35. The smallest absolute Gasteiger partial charge is 0.279 e. The Morgan fingerprint density at radius 2 is 2.00 bits per heavy atom. The fourth-order valence-corrected chi connectivity index (χ4v) is 2.66. The standard InChI is InChI=1S/C15H11NO3S/c1-18-13-8-10(9-17)6-7-12(13)19-15-16-11-4-2-3-5-14(11)20-15/h2-9H,1H3. The number of ether oxygens (including phenoxy) is 2. The summed E-state index contributed by atoms with van der Waals surface area (Å²) in [6, 6.07) is 12.8. The topological polar surface area (TPSA) is 48.4 Å². The zero-order valence-corrected chi connectivity index (χ0v) is 11.5. The van der Waals surface area contributed by atoms with Gasteiger partial charge in [0.05, 0.1) is 17.3 Å². The second-order valence-corrected chi connectivity index (χ2v) is 5.07. The number of methoxy groups -OCH3 is 1. The molecule has 0 unspecified atom stereocenters. The van der Waals surface area contributed by atoms with Crippen molar-refractivity contribution in [1.82, 2.24) is 4.98 Å². The van der Waals surface area contributed by atoms with Gasteiger partial charge >= 0.3 is 0 Å². The number of nitrogens with zero attached hydrogens (tertiary/aromatic N) is 1. The van der Waals surface area contributed by atoms with Gasteiger partial charge in [-0.2, -0.15) is 0 Å². The lowest BCUT2D eigenvalue weighted by atomic mass is 10.2. The highest BCUT2D eigenvalue weighted by atomic mass is 32.1. The molecule has 0 fully saturated rings. The summed E-state index contributed by atoms with van der Waals surface area (Å²) in [4.78, 5) is 15.2. The normalized spacial score (nSPS) is 10.4. The average molecular weight is 285 g/mol. The van der Waals surface area contributed by atoms with E-state index in [4.69, 9.17) is 9.47 Å². The SMILES string of the molecule is COc1cc(C=O)ccc1Oc1nc2ccccc2s1. The molecule has 3 aromatic rings. The number of aromatic nitrogens is 1. The molecule has 5 heteroatoms. The third kappa shape index (κ3) is 2.35. The fraction of sp³-hybridized carbons (Fsp3) is 0.0667. The number of hydrogen-bond donors (Lipinski definition) is 0. The van der Waals surface area contributed by atoms with Crippen LogP contribution in [0.5, 0.6) is 16.7 Å². The van der Waals surface area contributed by atoms with Gasteiger partial charge in [0.25, 0.3) is 5.19 Å². The Morgan fingerprint density at radius 1 is 1.15 bits per heavy atom. The lowest BCUT2D eigenvalue weighted by Crippen LogP contribution is -1.91. The van der Waals surface area contributed by atoms with Crippen molar-refractivity contribution < 1.29 is 14.3 Å². The average Bonchev–Trinajstić information content (AvgIpc) is 2.90. The number of carbonyl (C=O) groups excluding carboxylic acids is 1. The molecule has 4 nitrogen and oxygen atoms in total. The van der Waals surface area contributed by atoms with Crippen molar-refractivity contribution in [2.24, 2.45) is 0 Å². The van der Waals surface area contributed by atoms with Crippen LogP contribution in [0, 0.1) is 0 Å². The minimum atomic E-state index is 0.508. The molecule has 0 spiro atoms. The highest BCUT2D eigenvalue weighted by Crippen LogP contribution is 2.35. The number of carbonyl (C=O) groups is 1. The molecule has 0 aliphatic carbocycles. The van der Waals surface area contributed by atoms with Gasteiger partial charge in [-0.05, 0) is 30.3 Å². The van der Waals surface area contributed by atoms with Gasteiger partial charge in [-0.3, -0.25) is 4.79 Å². The van der Waals surface area contributed by atoms with E-state index in [1.54, 1.807) is 18.2 Å². The van der Waals surface area contributed by atoms with E-state index in [1.165, 1.54) is 18.4 Å². The van der Waals surface area contributed by atoms with E-state index in [-0.39, 0.29) is 0 Å². The Hall–Kier alpha value is -2.40. The van der Waals surface area contributed by atoms with Gasteiger partial charge in [0, 0.05) is 5.56 Å². The molecular weight excluding hydrogens is 274 g/mol. The Labute approximate surface area is 119 Å². The van der Waals surface area contributed by atoms with Gasteiger partial charge in [0.1, 0.15) is 6.29 Å². The summed E-state index contributed by atoms with van der Waals surface area (Å²) in [7, 11) is 1.54. The van der Waals surface area contributed by atoms with Crippen molar-refractivity contribution in [3.05, 3.63) is 48.0 Å². The van der Waals surface area contributed by atoms with Crippen molar-refractivity contribution in [3.63, 3.8) is 0 Å². The zero-order chi connectivity index (χ0) is 13.9. The van der Waals surface area contributed by atoms with Crippen molar-refractivity contribution in [2.75, 3.05) is 7.11 Å². The summed E-state index contributed by atoms with van der Waals surface area (Å²) in [5.74, 6) is 1.05. The zero-order valence-electron chi connectivity index (χ0n) is 10.7. The number of aldehydes is 1. The van der Waals surface area contributed by atoms with E-state index in [0.717, 1.165) is 16.5 Å². The van der Waals surface area contributed by atoms with Crippen molar-refractivity contribution in [2.45, 2.75) is 0 Å². The summed E-state index contributed by atoms with van der Waals surface area (Å²) in [6.07, 6.45) is 0.768. The van der Waals surface area contributed by atoms with E-state index in [2.05, 4.69) is 4.98 Å². The van der Waals surface area contributed by atoms with E-state index >= 15 is 0 Å². The van der Waals surface area contributed by atoms with Gasteiger partial charge in [-0.1, -0.05) is 23.5 Å². The summed E-state index contributed by atoms with van der Waals surface area (Å²) >= 11 is 1.46. The van der Waals surface area contributed by atoms with Crippen LogP contribution in [0.15, 0.2) is 42.5 Å². The first-order valence-corrected chi connectivity index (χ1v) is 6.78. The van der Waals surface area contributed by atoms with Gasteiger partial charge < -0.3 is 9.47 Å². The maximum absolute atomic E-state index is 10.8. The fourth-order valence-electron chi connectivity index (χ4n) is 1.83. The molecule has 0 aliphatic rings. The van der Waals surface area contributed by atoms with E-state index in [9.17, 15) is 4.79 Å². The van der Waals surface area contributed by atoms with Crippen LogP contribution in [0.25, 0.3) is 10.2 Å². The van der Waals surface area contributed by atoms with Crippen LogP contribution in [-0.2, 0) is 0 Å². The first kappa shape index (κ1) is 12.6. The van der Waals surface area contributed by atoms with Crippen LogP contribution in [-0.4, -0.2) is 18.4 Å². The van der Waals surface area contributed by atoms with Crippen LogP contribution < -0.4 is 9.47 Å². The Balaban J connectivity index is 1.95. The van der Waals surface area contributed by atoms with Gasteiger partial charge in [0.15, 0.2) is 11.5 Å². The third-order valence-corrected chi connectivity index (χ3v) is 3.71. The summed E-state index contributed by atoms with van der Waals surface area (Å²) < 4.78 is 12.0. The Bertz CT molecular complexity index is 734. The maximum atomic E-state index is 10.8.